The summed E-state index contributed by atoms with van der Waals surface area (Å²) < 4.78 is 5.50. The molecule has 2 N–H and O–H groups in total. The minimum Gasteiger partial charge on any atom is -0.386 e. The smallest absolute Gasteiger partial charge is 0.111 e. The van der Waals surface area contributed by atoms with Crippen LogP contribution < -0.4 is 5.73 Å². The van der Waals surface area contributed by atoms with Crippen LogP contribution in [0.15, 0.2) is 4.99 Å². The van der Waals surface area contributed by atoms with Gasteiger partial charge in [0, 0.05) is 19.7 Å². The summed E-state index contributed by atoms with van der Waals surface area (Å²) in [4.78, 5) is 6.99. The Balaban J connectivity index is 1.76. The molecule has 0 aromatic heterocycles. The van der Waals surface area contributed by atoms with E-state index in [4.69, 9.17) is 10.5 Å². The molecule has 4 atom stereocenters. The number of aliphatic imine (C=N–C) groups is 1. The molecule has 0 bridgehead atoms. The van der Waals surface area contributed by atoms with Crippen molar-refractivity contribution in [1.29, 1.82) is 0 Å². The number of fused-ring (bicyclic) bond motifs is 3. The Bertz CT molecular complexity index is 305. The average molecular weight is 223 g/mol. The minimum absolute atomic E-state index is 0.430. The van der Waals surface area contributed by atoms with E-state index in [0.29, 0.717) is 12.1 Å². The van der Waals surface area contributed by atoms with Crippen molar-refractivity contribution in [1.82, 2.24) is 4.90 Å². The summed E-state index contributed by atoms with van der Waals surface area (Å²) in [5.74, 6) is 1.64. The Morgan fingerprint density at radius 2 is 2.25 bits per heavy atom. The monoisotopic (exact) mass is 223 g/mol. The maximum atomic E-state index is 6.02. The van der Waals surface area contributed by atoms with Gasteiger partial charge in [-0.15, -0.1) is 0 Å². The van der Waals surface area contributed by atoms with Gasteiger partial charge in [-0.3, -0.25) is 9.89 Å². The van der Waals surface area contributed by atoms with Crippen molar-refractivity contribution in [2.24, 2.45) is 16.6 Å². The third-order valence-corrected chi connectivity index (χ3v) is 4.57. The molecule has 2 heterocycles. The predicted octanol–water partition coefficient (Wildman–Crippen LogP) is 0.615. The van der Waals surface area contributed by atoms with Crippen LogP contribution in [-0.4, -0.2) is 49.1 Å². The molecule has 1 saturated heterocycles. The molecule has 16 heavy (non-hydrogen) atoms. The van der Waals surface area contributed by atoms with Gasteiger partial charge >= 0.3 is 0 Å². The molecule has 0 spiro atoms. The second-order valence-electron chi connectivity index (χ2n) is 5.29. The summed E-state index contributed by atoms with van der Waals surface area (Å²) in [5, 5.41) is 0. The van der Waals surface area contributed by atoms with Gasteiger partial charge in [0.05, 0.1) is 18.7 Å². The molecule has 4 nitrogen and oxygen atoms in total. The van der Waals surface area contributed by atoms with Gasteiger partial charge < -0.3 is 10.5 Å². The van der Waals surface area contributed by atoms with Crippen LogP contribution in [0.5, 0.6) is 0 Å². The highest BCUT2D eigenvalue weighted by Crippen LogP contribution is 2.41. The zero-order chi connectivity index (χ0) is 11.1. The molecule has 3 rings (SSSR count). The van der Waals surface area contributed by atoms with Crippen molar-refractivity contribution in [2.45, 2.75) is 43.9 Å². The first kappa shape index (κ1) is 10.5. The topological polar surface area (TPSA) is 50.9 Å². The van der Waals surface area contributed by atoms with Crippen LogP contribution in [0.25, 0.3) is 0 Å². The van der Waals surface area contributed by atoms with Crippen molar-refractivity contribution < 1.29 is 4.74 Å². The van der Waals surface area contributed by atoms with E-state index in [0.717, 1.165) is 30.9 Å². The lowest BCUT2D eigenvalue weighted by molar-refractivity contribution is 0.0307. The number of hydrogen-bond acceptors (Lipinski definition) is 4. The first-order valence-electron chi connectivity index (χ1n) is 6.38. The lowest BCUT2D eigenvalue weighted by Crippen LogP contribution is -2.49. The van der Waals surface area contributed by atoms with Crippen molar-refractivity contribution in [3.8, 4) is 0 Å². The van der Waals surface area contributed by atoms with Crippen LogP contribution in [0.3, 0.4) is 0 Å². The first-order valence-corrected chi connectivity index (χ1v) is 6.38. The summed E-state index contributed by atoms with van der Waals surface area (Å²) in [6, 6.07) is 1.17. The van der Waals surface area contributed by atoms with Gasteiger partial charge in [-0.25, -0.2) is 0 Å². The minimum atomic E-state index is 0.430. The fraction of sp³-hybridized carbons (Fsp3) is 0.917. The molecule has 2 aliphatic heterocycles. The van der Waals surface area contributed by atoms with Gasteiger partial charge in [-0.1, -0.05) is 0 Å². The van der Waals surface area contributed by atoms with E-state index >= 15 is 0 Å². The van der Waals surface area contributed by atoms with Crippen molar-refractivity contribution >= 4 is 5.84 Å². The normalized spacial score (nSPS) is 43.7. The second kappa shape index (κ2) is 4.00. The zero-order valence-electron chi connectivity index (χ0n) is 9.93. The van der Waals surface area contributed by atoms with Crippen LogP contribution in [0.4, 0.5) is 0 Å². The molecule has 0 aromatic carbocycles. The molecule has 0 amide bonds. The van der Waals surface area contributed by atoms with E-state index in [1.807, 2.05) is 7.11 Å². The Morgan fingerprint density at radius 3 is 3.06 bits per heavy atom. The summed E-state index contributed by atoms with van der Waals surface area (Å²) in [5.41, 5.74) is 6.02. The van der Waals surface area contributed by atoms with E-state index in [9.17, 15) is 0 Å². The lowest BCUT2D eigenvalue weighted by atomic mass is 9.83. The van der Waals surface area contributed by atoms with Gasteiger partial charge in [0.25, 0.3) is 0 Å². The maximum Gasteiger partial charge on any atom is 0.111 e. The van der Waals surface area contributed by atoms with Crippen molar-refractivity contribution in [3.63, 3.8) is 0 Å². The Morgan fingerprint density at radius 1 is 1.38 bits per heavy atom. The highest BCUT2D eigenvalue weighted by atomic mass is 16.5. The quantitative estimate of drug-likeness (QED) is 0.709. The number of nitrogens with two attached hydrogens (primary N) is 1. The number of nitrogens with zero attached hydrogens (tertiary/aromatic N) is 2. The first-order chi connectivity index (χ1) is 7.79. The molecular formula is C12H21N3O. The van der Waals surface area contributed by atoms with Crippen molar-refractivity contribution in [2.75, 3.05) is 20.2 Å². The second-order valence-corrected chi connectivity index (χ2v) is 5.29. The molecule has 1 saturated carbocycles. The van der Waals surface area contributed by atoms with Crippen LogP contribution in [0.1, 0.15) is 25.7 Å². The third kappa shape index (κ3) is 1.55. The van der Waals surface area contributed by atoms with Crippen LogP contribution in [0, 0.1) is 5.92 Å². The van der Waals surface area contributed by atoms with Crippen molar-refractivity contribution in [3.05, 3.63) is 0 Å². The molecule has 3 aliphatic rings. The predicted molar refractivity (Wildman–Crippen MR) is 63.5 cm³/mol. The van der Waals surface area contributed by atoms with Gasteiger partial charge in [0.15, 0.2) is 0 Å². The zero-order valence-corrected chi connectivity index (χ0v) is 9.93. The fourth-order valence-electron chi connectivity index (χ4n) is 3.77. The molecule has 4 unspecified atom stereocenters. The van der Waals surface area contributed by atoms with Crippen LogP contribution in [0.2, 0.25) is 0 Å². The van der Waals surface area contributed by atoms with Crippen LogP contribution >= 0.6 is 0 Å². The van der Waals surface area contributed by atoms with Gasteiger partial charge in [-0.2, -0.15) is 0 Å². The van der Waals surface area contributed by atoms with E-state index < -0.39 is 0 Å². The standard InChI is InChI=1S/C12H21N3O/c1-16-9-2-3-10-8(6-9)7-11-12(13)14-4-5-15(10)11/h8-11H,2-7H2,1H3,(H2,13,14). The van der Waals surface area contributed by atoms with E-state index in [-0.39, 0.29) is 0 Å². The number of ether oxygens (including phenoxy) is 1. The molecule has 4 heteroatoms. The Hall–Kier alpha value is -0.610. The average Bonchev–Trinajstić information content (AvgIpc) is 2.68. The van der Waals surface area contributed by atoms with Gasteiger partial charge in [0.2, 0.25) is 0 Å². The molecule has 0 radical (unpaired) electrons. The molecule has 1 aliphatic carbocycles. The summed E-state index contributed by atoms with van der Waals surface area (Å²) in [6.45, 7) is 1.99. The van der Waals surface area contributed by atoms with Crippen LogP contribution in [-0.2, 0) is 4.74 Å². The number of methoxy groups -OCH3 is 1. The molecule has 90 valence electrons. The highest BCUT2D eigenvalue weighted by Gasteiger charge is 2.46. The summed E-state index contributed by atoms with van der Waals surface area (Å²) in [7, 11) is 1.84. The summed E-state index contributed by atoms with van der Waals surface area (Å²) >= 11 is 0. The van der Waals surface area contributed by atoms with E-state index in [1.165, 1.54) is 25.7 Å². The number of hydrogen-bond donors (Lipinski definition) is 1. The van der Waals surface area contributed by atoms with E-state index in [2.05, 4.69) is 9.89 Å². The Labute approximate surface area is 96.8 Å². The fourth-order valence-corrected chi connectivity index (χ4v) is 3.77. The molecule has 0 aromatic rings. The Kier molecular flexibility index (Phi) is 2.64. The third-order valence-electron chi connectivity index (χ3n) is 4.57. The van der Waals surface area contributed by atoms with Gasteiger partial charge in [0.1, 0.15) is 5.84 Å². The maximum absolute atomic E-state index is 6.02. The van der Waals surface area contributed by atoms with E-state index in [1.54, 1.807) is 0 Å². The SMILES string of the molecule is COC1CCC2C(C1)CC1C(N)=NCCN12. The largest absolute Gasteiger partial charge is 0.386 e. The molecule has 2 fully saturated rings. The summed E-state index contributed by atoms with van der Waals surface area (Å²) in [6.07, 6.45) is 5.35. The lowest BCUT2D eigenvalue weighted by Gasteiger charge is -2.37. The number of amidine groups is 1. The number of rotatable bonds is 1. The molecular weight excluding hydrogens is 202 g/mol. The highest BCUT2D eigenvalue weighted by molar-refractivity contribution is 5.86. The van der Waals surface area contributed by atoms with Gasteiger partial charge in [-0.05, 0) is 31.6 Å².